The van der Waals surface area contributed by atoms with Gasteiger partial charge in [-0.25, -0.2) is 4.79 Å². The van der Waals surface area contributed by atoms with Crippen molar-refractivity contribution in [2.45, 2.75) is 63.7 Å². The number of hydrogen-bond acceptors (Lipinski definition) is 11. The maximum Gasteiger partial charge on any atom is 0.491 e. The number of benzene rings is 2. The number of nitrogens with zero attached hydrogens (tertiary/aromatic N) is 1. The number of alkyl halides is 3. The van der Waals surface area contributed by atoms with Gasteiger partial charge in [-0.05, 0) is 53.2 Å². The van der Waals surface area contributed by atoms with Gasteiger partial charge >= 0.3 is 26.4 Å². The number of fused-ring (bicyclic) bond motifs is 2. The van der Waals surface area contributed by atoms with Crippen molar-refractivity contribution in [1.29, 1.82) is 0 Å². The first-order chi connectivity index (χ1) is 22.6. The van der Waals surface area contributed by atoms with Crippen LogP contribution >= 0.6 is 0 Å². The van der Waals surface area contributed by atoms with Crippen molar-refractivity contribution in [2.75, 3.05) is 0 Å². The van der Waals surface area contributed by atoms with Crippen LogP contribution in [0.5, 0.6) is 0 Å². The molecular formula is C28H27B2F3N4O11. The minimum Gasteiger partial charge on any atom is -0.423 e. The van der Waals surface area contributed by atoms with Crippen LogP contribution in [0, 0.1) is 0 Å². The molecule has 0 spiro atoms. The number of rotatable bonds is 10. The molecule has 0 aromatic heterocycles. The van der Waals surface area contributed by atoms with Gasteiger partial charge in [-0.1, -0.05) is 12.1 Å². The highest BCUT2D eigenvalue weighted by atomic mass is 19.4. The molecule has 1 fully saturated rings. The first kappa shape index (κ1) is 34.6. The molecule has 2 aromatic carbocycles. The van der Waals surface area contributed by atoms with Crippen LogP contribution in [0.3, 0.4) is 0 Å². The Morgan fingerprint density at radius 2 is 1.38 bits per heavy atom. The van der Waals surface area contributed by atoms with Gasteiger partial charge in [0.15, 0.2) is 0 Å². The molecule has 5 amide bonds. The highest BCUT2D eigenvalue weighted by Crippen LogP contribution is 2.24. The first-order valence-electron chi connectivity index (χ1n) is 14.5. The number of halogens is 3. The Morgan fingerprint density at radius 3 is 1.88 bits per heavy atom. The van der Waals surface area contributed by atoms with Crippen molar-refractivity contribution in [2.24, 2.45) is 0 Å². The van der Waals surface area contributed by atoms with Crippen molar-refractivity contribution in [3.05, 3.63) is 58.7 Å². The molecule has 20 heteroatoms. The van der Waals surface area contributed by atoms with Gasteiger partial charge in [-0.3, -0.25) is 24.0 Å². The van der Waals surface area contributed by atoms with Crippen molar-refractivity contribution in [3.63, 3.8) is 0 Å². The third kappa shape index (κ3) is 7.51. The van der Waals surface area contributed by atoms with Gasteiger partial charge in [0, 0.05) is 24.0 Å². The molecule has 15 nitrogen and oxygen atoms in total. The van der Waals surface area contributed by atoms with Gasteiger partial charge in [0.1, 0.15) is 12.1 Å². The van der Waals surface area contributed by atoms with Crippen molar-refractivity contribution < 1.29 is 66.1 Å². The van der Waals surface area contributed by atoms with E-state index in [-0.39, 0.29) is 47.7 Å². The van der Waals surface area contributed by atoms with Gasteiger partial charge in [0.25, 0.3) is 23.6 Å². The number of imide groups is 1. The monoisotopic (exact) mass is 674 g/mol. The van der Waals surface area contributed by atoms with E-state index >= 15 is 0 Å². The van der Waals surface area contributed by atoms with Crippen LogP contribution in [0.2, 0.25) is 0 Å². The van der Waals surface area contributed by atoms with E-state index in [2.05, 4.69) is 15.5 Å². The summed E-state index contributed by atoms with van der Waals surface area (Å²) in [4.78, 5) is 80.1. The zero-order valence-corrected chi connectivity index (χ0v) is 25.0. The lowest BCUT2D eigenvalue weighted by Crippen LogP contribution is -2.60. The minimum absolute atomic E-state index is 0.00478. The fraction of sp³-hybridized carbons (Fsp3) is 0.357. The van der Waals surface area contributed by atoms with Crippen LogP contribution in [0.1, 0.15) is 58.0 Å². The summed E-state index contributed by atoms with van der Waals surface area (Å²) in [7, 11) is -2.62. The topological polar surface area (TPSA) is 210 Å². The lowest BCUT2D eigenvalue weighted by atomic mass is 9.78. The van der Waals surface area contributed by atoms with Gasteiger partial charge in [0.05, 0.1) is 25.7 Å². The van der Waals surface area contributed by atoms with Crippen LogP contribution in [-0.2, 0) is 46.5 Å². The fourth-order valence-electron chi connectivity index (χ4n) is 5.20. The molecule has 0 bridgehead atoms. The van der Waals surface area contributed by atoms with Crippen LogP contribution in [0.4, 0.5) is 13.2 Å². The SMILES string of the molecule is C[C@H](NC(=O)c1ccc2c(c1)B(O)OC2)[C@H](NC(=O)c1ccc2c(c1)B(O)OC2)C(=O)N[C@@H](CC(=O)ON1C(=O)CCC1=O)C(F)(F)F. The molecule has 3 heterocycles. The van der Waals surface area contributed by atoms with Crippen LogP contribution in [-0.4, -0.2) is 89.2 Å². The minimum atomic E-state index is -5.25. The Morgan fingerprint density at radius 1 is 0.875 bits per heavy atom. The third-order valence-electron chi connectivity index (χ3n) is 7.85. The number of hydroxylamine groups is 2. The third-order valence-corrected chi connectivity index (χ3v) is 7.85. The summed E-state index contributed by atoms with van der Waals surface area (Å²) in [5.74, 6) is -6.75. The van der Waals surface area contributed by atoms with Crippen molar-refractivity contribution in [3.8, 4) is 0 Å². The number of hydrogen-bond donors (Lipinski definition) is 5. The number of amides is 5. The van der Waals surface area contributed by atoms with E-state index in [1.807, 2.05) is 0 Å². The average molecular weight is 674 g/mol. The van der Waals surface area contributed by atoms with Gasteiger partial charge < -0.3 is 40.1 Å². The Balaban J connectivity index is 1.36. The zero-order chi connectivity index (χ0) is 34.9. The molecule has 5 N–H and O–H groups in total. The molecule has 0 saturated carbocycles. The molecule has 0 unspecified atom stereocenters. The molecule has 0 radical (unpaired) electrons. The van der Waals surface area contributed by atoms with E-state index in [9.17, 15) is 52.0 Å². The van der Waals surface area contributed by atoms with E-state index in [0.717, 1.165) is 0 Å². The zero-order valence-electron chi connectivity index (χ0n) is 25.0. The second kappa shape index (κ2) is 13.8. The van der Waals surface area contributed by atoms with Crippen LogP contribution in [0.15, 0.2) is 36.4 Å². The van der Waals surface area contributed by atoms with E-state index in [1.54, 1.807) is 5.32 Å². The van der Waals surface area contributed by atoms with Crippen molar-refractivity contribution in [1.82, 2.24) is 21.0 Å². The quantitative estimate of drug-likeness (QED) is 0.139. The maximum atomic E-state index is 14.0. The average Bonchev–Trinajstić information content (AvgIpc) is 3.70. The lowest BCUT2D eigenvalue weighted by Gasteiger charge is -2.28. The van der Waals surface area contributed by atoms with Crippen LogP contribution in [0.25, 0.3) is 0 Å². The Kier molecular flexibility index (Phi) is 9.90. The van der Waals surface area contributed by atoms with Gasteiger partial charge in [-0.15, -0.1) is 5.06 Å². The molecule has 2 aromatic rings. The van der Waals surface area contributed by atoms with Gasteiger partial charge in [-0.2, -0.15) is 13.2 Å². The maximum absolute atomic E-state index is 14.0. The number of carbonyl (C=O) groups is 6. The predicted octanol–water partition coefficient (Wildman–Crippen LogP) is -1.92. The molecule has 1 saturated heterocycles. The Hall–Kier alpha value is -4.78. The second-order valence-corrected chi connectivity index (χ2v) is 11.2. The lowest BCUT2D eigenvalue weighted by molar-refractivity contribution is -0.203. The normalized spacial score (nSPS) is 17.4. The summed E-state index contributed by atoms with van der Waals surface area (Å²) in [5.41, 5.74) is 1.69. The van der Waals surface area contributed by atoms with E-state index in [0.29, 0.717) is 16.6 Å². The molecule has 48 heavy (non-hydrogen) atoms. The van der Waals surface area contributed by atoms with E-state index < -0.39 is 80.5 Å². The molecule has 3 aliphatic heterocycles. The molecule has 5 rings (SSSR count). The van der Waals surface area contributed by atoms with Gasteiger partial charge in [0.2, 0.25) is 5.91 Å². The molecule has 3 atom stereocenters. The summed E-state index contributed by atoms with van der Waals surface area (Å²) in [6.07, 6.45) is -7.40. The smallest absolute Gasteiger partial charge is 0.423 e. The van der Waals surface area contributed by atoms with E-state index in [4.69, 9.17) is 9.31 Å². The standard InChI is InChI=1S/C28H27B2F3N4O11/c1-13(34-25(41)14-2-4-16-11-46-29(44)18(16)8-14)24(36-26(42)15-3-5-17-12-47-30(45)19(17)9-15)27(43)35-20(28(31,32)33)10-23(40)48-37-21(38)6-7-22(37)39/h2-5,8-9,13,20,24,44-45H,6-7,10-12H2,1H3,(H,34,41)(H,35,43)(H,36,42)/t13-,20-,24-/m0/s1. The largest absolute Gasteiger partial charge is 0.491 e. The molecule has 3 aliphatic rings. The second-order valence-electron chi connectivity index (χ2n) is 11.2. The predicted molar refractivity (Wildman–Crippen MR) is 156 cm³/mol. The van der Waals surface area contributed by atoms with Crippen molar-refractivity contribution >= 4 is 60.7 Å². The molecular weight excluding hydrogens is 647 g/mol. The molecule has 0 aliphatic carbocycles. The summed E-state index contributed by atoms with van der Waals surface area (Å²) >= 11 is 0. The number of carbonyl (C=O) groups excluding carboxylic acids is 6. The number of nitrogens with one attached hydrogen (secondary N) is 3. The summed E-state index contributed by atoms with van der Waals surface area (Å²) in [6.45, 7) is 1.41. The highest BCUT2D eigenvalue weighted by Gasteiger charge is 2.45. The van der Waals surface area contributed by atoms with E-state index in [1.165, 1.54) is 43.3 Å². The first-order valence-corrected chi connectivity index (χ1v) is 14.5. The summed E-state index contributed by atoms with van der Waals surface area (Å²) in [5, 5.41) is 26.5. The Labute approximate surface area is 270 Å². The highest BCUT2D eigenvalue weighted by molar-refractivity contribution is 6.62. The van der Waals surface area contributed by atoms with Crippen LogP contribution < -0.4 is 26.9 Å². The molecule has 252 valence electrons. The fourth-order valence-corrected chi connectivity index (χ4v) is 5.20. The summed E-state index contributed by atoms with van der Waals surface area (Å²) in [6, 6.07) is 2.17. The Bertz CT molecular complexity index is 1660. The summed E-state index contributed by atoms with van der Waals surface area (Å²) < 4.78 is 52.3.